The van der Waals surface area contributed by atoms with Gasteiger partial charge in [0.15, 0.2) is 0 Å². The van der Waals surface area contributed by atoms with Crippen molar-refractivity contribution in [3.63, 3.8) is 0 Å². The van der Waals surface area contributed by atoms with Gasteiger partial charge in [-0.25, -0.2) is 0 Å². The zero-order chi connectivity index (χ0) is 12.5. The summed E-state index contributed by atoms with van der Waals surface area (Å²) in [6.07, 6.45) is 8.01. The molecule has 0 bridgehead atoms. The van der Waals surface area contributed by atoms with E-state index in [0.717, 1.165) is 11.8 Å². The summed E-state index contributed by atoms with van der Waals surface area (Å²) in [5, 5.41) is 0. The molecule has 1 unspecified atom stereocenters. The highest BCUT2D eigenvalue weighted by Crippen LogP contribution is 2.13. The minimum Gasteiger partial charge on any atom is -0.305 e. The van der Waals surface area contributed by atoms with E-state index < -0.39 is 0 Å². The van der Waals surface area contributed by atoms with Crippen molar-refractivity contribution in [2.45, 2.75) is 51.5 Å². The lowest BCUT2D eigenvalue weighted by molar-refractivity contribution is 0.180. The van der Waals surface area contributed by atoms with Crippen LogP contribution in [0, 0.1) is 0 Å². The zero-order valence-corrected chi connectivity index (χ0v) is 12.6. The first-order valence-corrected chi connectivity index (χ1v) is 7.94. The van der Waals surface area contributed by atoms with Crippen LogP contribution in [0.3, 0.4) is 0 Å². The van der Waals surface area contributed by atoms with Crippen molar-refractivity contribution in [2.24, 2.45) is 0 Å². The number of rotatable bonds is 7. The molecule has 0 aromatic carbocycles. The van der Waals surface area contributed by atoms with E-state index in [1.165, 1.54) is 64.7 Å². The molecule has 17 heavy (non-hydrogen) atoms. The van der Waals surface area contributed by atoms with Crippen LogP contribution in [0.15, 0.2) is 0 Å². The smallest absolute Gasteiger partial charge is 0.0220 e. The molecule has 0 aromatic heterocycles. The van der Waals surface area contributed by atoms with Gasteiger partial charge in [-0.1, -0.05) is 19.8 Å². The van der Waals surface area contributed by atoms with E-state index in [4.69, 9.17) is 0 Å². The molecule has 1 atom stereocenters. The van der Waals surface area contributed by atoms with Crippen LogP contribution in [0.5, 0.6) is 0 Å². The van der Waals surface area contributed by atoms with Crippen molar-refractivity contribution in [3.05, 3.63) is 0 Å². The Hall–Kier alpha value is 0.270. The third-order valence-electron chi connectivity index (χ3n) is 3.85. The average Bonchev–Trinajstić information content (AvgIpc) is 2.50. The van der Waals surface area contributed by atoms with E-state index >= 15 is 0 Å². The van der Waals surface area contributed by atoms with Gasteiger partial charge >= 0.3 is 0 Å². The maximum Gasteiger partial charge on any atom is 0.0220 e. The summed E-state index contributed by atoms with van der Waals surface area (Å²) in [7, 11) is 2.26. The number of likely N-dealkylation sites (N-methyl/N-ethyl adjacent to an activating group) is 1. The van der Waals surface area contributed by atoms with Crippen molar-refractivity contribution < 1.29 is 0 Å². The fraction of sp³-hybridized carbons (Fsp3) is 1.00. The van der Waals surface area contributed by atoms with Crippen LogP contribution < -0.4 is 0 Å². The lowest BCUT2D eigenvalue weighted by Crippen LogP contribution is -2.40. The molecule has 1 saturated heterocycles. The highest BCUT2D eigenvalue weighted by Gasteiger charge is 2.20. The van der Waals surface area contributed by atoms with Gasteiger partial charge in [-0.15, -0.1) is 0 Å². The van der Waals surface area contributed by atoms with Crippen molar-refractivity contribution in [2.75, 3.05) is 39.0 Å². The largest absolute Gasteiger partial charge is 0.305 e. The normalized spacial score (nSPS) is 23.8. The summed E-state index contributed by atoms with van der Waals surface area (Å²) in [6.45, 7) is 7.46. The minimum atomic E-state index is 0.785. The molecular formula is C14H30N2S. The molecule has 1 fully saturated rings. The highest BCUT2D eigenvalue weighted by molar-refractivity contribution is 7.80. The Kier molecular flexibility index (Phi) is 8.33. The molecule has 0 saturated carbocycles. The van der Waals surface area contributed by atoms with E-state index in [-0.39, 0.29) is 0 Å². The molecule has 0 amide bonds. The zero-order valence-electron chi connectivity index (χ0n) is 11.7. The minimum absolute atomic E-state index is 0.785. The van der Waals surface area contributed by atoms with Gasteiger partial charge in [-0.2, -0.15) is 12.6 Å². The maximum absolute atomic E-state index is 4.26. The van der Waals surface area contributed by atoms with Crippen molar-refractivity contribution in [1.82, 2.24) is 9.80 Å². The molecule has 0 N–H and O–H groups in total. The van der Waals surface area contributed by atoms with Crippen LogP contribution in [-0.2, 0) is 0 Å². The molecule has 0 aromatic rings. The molecular weight excluding hydrogens is 228 g/mol. The van der Waals surface area contributed by atoms with Gasteiger partial charge in [0.25, 0.3) is 0 Å². The first-order chi connectivity index (χ1) is 8.27. The van der Waals surface area contributed by atoms with E-state index in [9.17, 15) is 0 Å². The third kappa shape index (κ3) is 6.12. The van der Waals surface area contributed by atoms with Crippen LogP contribution in [-0.4, -0.2) is 54.8 Å². The number of thiol groups is 1. The molecule has 1 rings (SSSR count). The summed E-state index contributed by atoms with van der Waals surface area (Å²) in [4.78, 5) is 5.22. The quantitative estimate of drug-likeness (QED) is 0.554. The number of hydrogen-bond acceptors (Lipinski definition) is 3. The monoisotopic (exact) mass is 258 g/mol. The predicted molar refractivity (Wildman–Crippen MR) is 80.1 cm³/mol. The Morgan fingerprint density at radius 1 is 1.12 bits per heavy atom. The van der Waals surface area contributed by atoms with Crippen molar-refractivity contribution in [3.8, 4) is 0 Å². The second-order valence-corrected chi connectivity index (χ2v) is 5.80. The molecule has 1 heterocycles. The number of nitrogens with zero attached hydrogens (tertiary/aromatic N) is 2. The van der Waals surface area contributed by atoms with Gasteiger partial charge in [-0.3, -0.25) is 4.90 Å². The summed E-state index contributed by atoms with van der Waals surface area (Å²) < 4.78 is 0. The van der Waals surface area contributed by atoms with E-state index in [2.05, 4.69) is 36.4 Å². The second-order valence-electron chi connectivity index (χ2n) is 5.35. The Bertz CT molecular complexity index is 187. The van der Waals surface area contributed by atoms with Crippen LogP contribution in [0.4, 0.5) is 0 Å². The molecule has 3 heteroatoms. The van der Waals surface area contributed by atoms with Crippen LogP contribution >= 0.6 is 12.6 Å². The van der Waals surface area contributed by atoms with E-state index in [1.54, 1.807) is 0 Å². The molecule has 1 aliphatic heterocycles. The Morgan fingerprint density at radius 2 is 1.88 bits per heavy atom. The lowest BCUT2D eigenvalue weighted by atomic mass is 10.1. The van der Waals surface area contributed by atoms with Gasteiger partial charge in [0, 0.05) is 12.6 Å². The van der Waals surface area contributed by atoms with Gasteiger partial charge < -0.3 is 4.90 Å². The average molecular weight is 258 g/mol. The summed E-state index contributed by atoms with van der Waals surface area (Å²) >= 11 is 4.26. The SMILES string of the molecule is CCC1CN(C)CCCN1CCCCCCS. The molecule has 0 aliphatic carbocycles. The molecule has 102 valence electrons. The standard InChI is InChI=1S/C14H30N2S/c1-3-14-13-15(2)9-8-11-16(14)10-6-4-5-7-12-17/h14,17H,3-13H2,1-2H3. The lowest BCUT2D eigenvalue weighted by Gasteiger charge is -2.30. The predicted octanol–water partition coefficient (Wildman–Crippen LogP) is 2.89. The van der Waals surface area contributed by atoms with Crippen molar-refractivity contribution in [1.29, 1.82) is 0 Å². The second kappa shape index (κ2) is 9.23. The number of hydrogen-bond donors (Lipinski definition) is 1. The number of unbranched alkanes of at least 4 members (excludes halogenated alkanes) is 3. The van der Waals surface area contributed by atoms with E-state index in [1.807, 2.05) is 0 Å². The summed E-state index contributed by atoms with van der Waals surface area (Å²) in [5.41, 5.74) is 0. The van der Waals surface area contributed by atoms with Gasteiger partial charge in [0.05, 0.1) is 0 Å². The highest BCUT2D eigenvalue weighted by atomic mass is 32.1. The Morgan fingerprint density at radius 3 is 2.59 bits per heavy atom. The Labute approximate surface area is 113 Å². The van der Waals surface area contributed by atoms with Gasteiger partial charge in [0.1, 0.15) is 0 Å². The van der Waals surface area contributed by atoms with Crippen LogP contribution in [0.2, 0.25) is 0 Å². The van der Waals surface area contributed by atoms with Gasteiger partial charge in [-0.05, 0) is 58.1 Å². The molecule has 0 radical (unpaired) electrons. The summed E-state index contributed by atoms with van der Waals surface area (Å²) in [6, 6.07) is 0.785. The first-order valence-electron chi connectivity index (χ1n) is 7.31. The molecule has 1 aliphatic rings. The van der Waals surface area contributed by atoms with Crippen molar-refractivity contribution >= 4 is 12.6 Å². The molecule has 2 nitrogen and oxygen atoms in total. The van der Waals surface area contributed by atoms with Crippen LogP contribution in [0.25, 0.3) is 0 Å². The third-order valence-corrected chi connectivity index (χ3v) is 4.16. The topological polar surface area (TPSA) is 6.48 Å². The first kappa shape index (κ1) is 15.3. The van der Waals surface area contributed by atoms with E-state index in [0.29, 0.717) is 0 Å². The Balaban J connectivity index is 2.23. The fourth-order valence-electron chi connectivity index (χ4n) is 2.75. The fourth-order valence-corrected chi connectivity index (χ4v) is 2.98. The maximum atomic E-state index is 4.26. The summed E-state index contributed by atoms with van der Waals surface area (Å²) in [5.74, 6) is 1.05. The van der Waals surface area contributed by atoms with Crippen LogP contribution in [0.1, 0.15) is 45.4 Å². The van der Waals surface area contributed by atoms with Gasteiger partial charge in [0.2, 0.25) is 0 Å². The molecule has 0 spiro atoms.